The molecule has 5 rings (SSSR count). The minimum absolute atomic E-state index is 0.0276. The highest BCUT2D eigenvalue weighted by atomic mass is 35.5. The van der Waals surface area contributed by atoms with Crippen molar-refractivity contribution in [3.8, 4) is 0 Å². The molecule has 138 valence electrons. The number of nitrogens with zero attached hydrogens (tertiary/aromatic N) is 5. The molecule has 1 aliphatic carbocycles. The van der Waals surface area contributed by atoms with E-state index in [0.717, 1.165) is 28.9 Å². The number of halogens is 1. The number of aromatic nitrogens is 5. The summed E-state index contributed by atoms with van der Waals surface area (Å²) in [5.74, 6) is 0.888. The van der Waals surface area contributed by atoms with Gasteiger partial charge in [-0.05, 0) is 24.0 Å². The normalized spacial score (nSPS) is 23.7. The summed E-state index contributed by atoms with van der Waals surface area (Å²) in [7, 11) is 1.88. The molecule has 8 heteroatoms. The van der Waals surface area contributed by atoms with Crippen molar-refractivity contribution in [3.05, 3.63) is 64.2 Å². The maximum atomic E-state index is 13.1. The van der Waals surface area contributed by atoms with E-state index in [0.29, 0.717) is 29.8 Å². The molecule has 0 spiro atoms. The molecule has 27 heavy (non-hydrogen) atoms. The summed E-state index contributed by atoms with van der Waals surface area (Å²) in [5.41, 5.74) is 3.79. The molecule has 1 amide bonds. The fraction of sp³-hybridized carbons (Fsp3) is 0.368. The lowest BCUT2D eigenvalue weighted by molar-refractivity contribution is 0.0712. The first-order chi connectivity index (χ1) is 13.1. The summed E-state index contributed by atoms with van der Waals surface area (Å²) in [5, 5.41) is 15.7. The largest absolute Gasteiger partial charge is 0.331 e. The van der Waals surface area contributed by atoms with Gasteiger partial charge in [-0.1, -0.05) is 29.8 Å². The molecule has 2 aliphatic rings. The minimum atomic E-state index is -0.0276. The van der Waals surface area contributed by atoms with Crippen LogP contribution in [-0.4, -0.2) is 42.5 Å². The summed E-state index contributed by atoms with van der Waals surface area (Å²) in [6.07, 6.45) is 5.12. The number of benzene rings is 1. The molecule has 7 nitrogen and oxygen atoms in total. The molecule has 3 atom stereocenters. The Labute approximate surface area is 161 Å². The molecule has 1 saturated carbocycles. The fourth-order valence-electron chi connectivity index (χ4n) is 4.18. The van der Waals surface area contributed by atoms with Crippen LogP contribution in [0.25, 0.3) is 0 Å². The monoisotopic (exact) mass is 382 g/mol. The summed E-state index contributed by atoms with van der Waals surface area (Å²) >= 11 is 6.34. The van der Waals surface area contributed by atoms with Crippen molar-refractivity contribution in [2.24, 2.45) is 13.0 Å². The summed E-state index contributed by atoms with van der Waals surface area (Å²) in [4.78, 5) is 15.1. The predicted molar refractivity (Wildman–Crippen MR) is 99.4 cm³/mol. The maximum absolute atomic E-state index is 13.1. The highest BCUT2D eigenvalue weighted by Crippen LogP contribution is 2.49. The van der Waals surface area contributed by atoms with E-state index in [9.17, 15) is 4.79 Å². The van der Waals surface area contributed by atoms with Crippen molar-refractivity contribution < 1.29 is 4.79 Å². The quantitative estimate of drug-likeness (QED) is 0.735. The number of rotatable bonds is 5. The minimum Gasteiger partial charge on any atom is -0.331 e. The van der Waals surface area contributed by atoms with Crippen molar-refractivity contribution in [2.45, 2.75) is 24.8 Å². The van der Waals surface area contributed by atoms with Crippen LogP contribution in [0, 0.1) is 5.92 Å². The van der Waals surface area contributed by atoms with E-state index in [1.165, 1.54) is 0 Å². The van der Waals surface area contributed by atoms with E-state index >= 15 is 0 Å². The van der Waals surface area contributed by atoms with Crippen LogP contribution in [-0.2, 0) is 13.5 Å². The molecular weight excluding hydrogens is 364 g/mol. The summed E-state index contributed by atoms with van der Waals surface area (Å²) < 4.78 is 1.79. The summed E-state index contributed by atoms with van der Waals surface area (Å²) in [6.45, 7) is 0.713. The average molecular weight is 383 g/mol. The predicted octanol–water partition coefficient (Wildman–Crippen LogP) is 2.73. The molecular formula is C19H19ClN6O. The van der Waals surface area contributed by atoms with Crippen molar-refractivity contribution >= 4 is 17.5 Å². The third-order valence-electron chi connectivity index (χ3n) is 5.75. The molecule has 0 radical (unpaired) electrons. The van der Waals surface area contributed by atoms with E-state index < -0.39 is 0 Å². The third-order valence-corrected chi connectivity index (χ3v) is 6.07. The lowest BCUT2D eigenvalue weighted by atomic mass is 10.0. The van der Waals surface area contributed by atoms with Gasteiger partial charge in [0.15, 0.2) is 0 Å². The van der Waals surface area contributed by atoms with Crippen molar-refractivity contribution in [3.63, 3.8) is 0 Å². The molecule has 3 heterocycles. The van der Waals surface area contributed by atoms with E-state index in [2.05, 4.69) is 20.5 Å². The number of carbonyl (C=O) groups is 1. The zero-order valence-electron chi connectivity index (χ0n) is 14.8. The van der Waals surface area contributed by atoms with Gasteiger partial charge in [-0.15, -0.1) is 0 Å². The smallest absolute Gasteiger partial charge is 0.254 e. The van der Waals surface area contributed by atoms with Crippen LogP contribution in [0.15, 0.2) is 36.7 Å². The fourth-order valence-corrected chi connectivity index (χ4v) is 4.42. The first-order valence-electron chi connectivity index (χ1n) is 9.05. The van der Waals surface area contributed by atoms with Gasteiger partial charge in [0.2, 0.25) is 0 Å². The van der Waals surface area contributed by atoms with Crippen LogP contribution in [0.3, 0.4) is 0 Å². The Hall–Kier alpha value is -2.67. The number of fused-ring (bicyclic) bond motifs is 1. The average Bonchev–Trinajstić information content (AvgIpc) is 2.99. The third kappa shape index (κ3) is 2.73. The zero-order chi connectivity index (χ0) is 18.5. The van der Waals surface area contributed by atoms with Crippen LogP contribution >= 0.6 is 11.6 Å². The number of aromatic amines is 1. The number of H-pyrrole nitrogens is 1. The number of hydrogen-bond donors (Lipinski definition) is 1. The van der Waals surface area contributed by atoms with Crippen molar-refractivity contribution in [1.29, 1.82) is 0 Å². The SMILES string of the molecule is Cn1ncc(Cl)c1CC1c2ccccc2C(=O)N1CC1CC1c1cn[nH]n1. The van der Waals surface area contributed by atoms with Gasteiger partial charge in [0.1, 0.15) is 0 Å². The molecule has 2 aromatic heterocycles. The number of nitrogens with one attached hydrogen (secondary N) is 1. The Bertz CT molecular complexity index is 978. The van der Waals surface area contributed by atoms with Crippen LogP contribution in [0.5, 0.6) is 0 Å². The van der Waals surface area contributed by atoms with E-state index in [1.807, 2.05) is 36.2 Å². The topological polar surface area (TPSA) is 79.7 Å². The van der Waals surface area contributed by atoms with Gasteiger partial charge in [-0.3, -0.25) is 9.48 Å². The molecule has 1 aliphatic heterocycles. The molecule has 3 unspecified atom stereocenters. The van der Waals surface area contributed by atoms with Gasteiger partial charge >= 0.3 is 0 Å². The maximum Gasteiger partial charge on any atom is 0.254 e. The standard InChI is InChI=1S/C19H19ClN6O/c1-25-18(15(20)8-22-25)7-17-12-4-2-3-5-13(12)19(27)26(17)10-11-6-14(11)16-9-21-24-23-16/h2-5,8-9,11,14,17H,6-7,10H2,1H3,(H,21,23,24). The number of carbonyl (C=O) groups excluding carboxylic acids is 1. The van der Waals surface area contributed by atoms with E-state index in [4.69, 9.17) is 11.6 Å². The first kappa shape index (κ1) is 16.5. The molecule has 1 fully saturated rings. The second-order valence-electron chi connectivity index (χ2n) is 7.32. The lowest BCUT2D eigenvalue weighted by Crippen LogP contribution is -2.32. The molecule has 3 aromatic rings. The Kier molecular flexibility index (Phi) is 3.79. The van der Waals surface area contributed by atoms with Crippen LogP contribution in [0.1, 0.15) is 45.7 Å². The van der Waals surface area contributed by atoms with Gasteiger partial charge in [-0.2, -0.15) is 20.5 Å². The molecule has 0 saturated heterocycles. The van der Waals surface area contributed by atoms with Gasteiger partial charge in [0.05, 0.1) is 34.8 Å². The Morgan fingerprint density at radius 2 is 2.15 bits per heavy atom. The first-order valence-corrected chi connectivity index (χ1v) is 9.43. The van der Waals surface area contributed by atoms with E-state index in [1.54, 1.807) is 17.1 Å². The molecule has 0 bridgehead atoms. The second kappa shape index (κ2) is 6.20. The molecule has 1 aromatic carbocycles. The van der Waals surface area contributed by atoms with Crippen LogP contribution in [0.2, 0.25) is 5.02 Å². The van der Waals surface area contributed by atoms with Gasteiger partial charge < -0.3 is 4.90 Å². The highest BCUT2D eigenvalue weighted by molar-refractivity contribution is 6.31. The Morgan fingerprint density at radius 3 is 2.89 bits per heavy atom. The summed E-state index contributed by atoms with van der Waals surface area (Å²) in [6, 6.07) is 7.84. The van der Waals surface area contributed by atoms with Crippen LogP contribution < -0.4 is 0 Å². The second-order valence-corrected chi connectivity index (χ2v) is 7.73. The van der Waals surface area contributed by atoms with Crippen LogP contribution in [0.4, 0.5) is 0 Å². The Balaban J connectivity index is 1.43. The van der Waals surface area contributed by atoms with E-state index in [-0.39, 0.29) is 11.9 Å². The van der Waals surface area contributed by atoms with Gasteiger partial charge in [-0.25, -0.2) is 0 Å². The van der Waals surface area contributed by atoms with Crippen molar-refractivity contribution in [1.82, 2.24) is 30.1 Å². The van der Waals surface area contributed by atoms with Gasteiger partial charge in [0, 0.05) is 31.5 Å². The van der Waals surface area contributed by atoms with Gasteiger partial charge in [0.25, 0.3) is 5.91 Å². The van der Waals surface area contributed by atoms with Crippen molar-refractivity contribution in [2.75, 3.05) is 6.54 Å². The zero-order valence-corrected chi connectivity index (χ0v) is 15.6. The number of aryl methyl sites for hydroxylation is 1. The lowest BCUT2D eigenvalue weighted by Gasteiger charge is -2.26. The Morgan fingerprint density at radius 1 is 1.30 bits per heavy atom. The molecule has 1 N–H and O–H groups in total. The number of amides is 1. The number of hydrogen-bond acceptors (Lipinski definition) is 4. The highest BCUT2D eigenvalue weighted by Gasteiger charge is 2.46.